The van der Waals surface area contributed by atoms with Gasteiger partial charge >= 0.3 is 0 Å². The van der Waals surface area contributed by atoms with E-state index in [9.17, 15) is 4.79 Å². The lowest BCUT2D eigenvalue weighted by molar-refractivity contribution is 0.103. The molecule has 0 amide bonds. The second-order valence-corrected chi connectivity index (χ2v) is 11.0. The normalized spacial score (nSPS) is 20.0. The lowest BCUT2D eigenvalue weighted by Crippen LogP contribution is -2.21. The minimum atomic E-state index is -0.0661. The highest BCUT2D eigenvalue weighted by atomic mass is 16.1. The lowest BCUT2D eigenvalue weighted by atomic mass is 9.72. The van der Waals surface area contributed by atoms with Crippen LogP contribution in [0.5, 0.6) is 0 Å². The number of ketones is 1. The van der Waals surface area contributed by atoms with E-state index in [0.717, 1.165) is 34.1 Å². The Balaban J connectivity index is 2.06. The third-order valence-corrected chi connectivity index (χ3v) is 7.05. The van der Waals surface area contributed by atoms with Gasteiger partial charge in [0.1, 0.15) is 0 Å². The number of hydrogen-bond acceptors (Lipinski definition) is 1. The standard InChI is InChI=1S/C29H40O/c1-19(2)21-11-10-12-22(17-21)23-15-16-27(29(5,6)7)26(18-23)28(30)25-14-9-8-13-24(25)20(3)4/h8-9,13-16,18-22H,10-12,17H2,1-7H3/t21-,22?/m1/s1. The Morgan fingerprint density at radius 2 is 1.63 bits per heavy atom. The summed E-state index contributed by atoms with van der Waals surface area (Å²) in [6.07, 6.45) is 5.15. The van der Waals surface area contributed by atoms with Crippen molar-refractivity contribution in [3.63, 3.8) is 0 Å². The summed E-state index contributed by atoms with van der Waals surface area (Å²) in [4.78, 5) is 13.8. The summed E-state index contributed by atoms with van der Waals surface area (Å²) in [5.74, 6) is 2.62. The highest BCUT2D eigenvalue weighted by Crippen LogP contribution is 2.41. The predicted molar refractivity (Wildman–Crippen MR) is 129 cm³/mol. The lowest BCUT2D eigenvalue weighted by Gasteiger charge is -2.33. The van der Waals surface area contributed by atoms with Crippen molar-refractivity contribution < 1.29 is 4.79 Å². The first-order valence-corrected chi connectivity index (χ1v) is 11.9. The first kappa shape index (κ1) is 22.8. The van der Waals surface area contributed by atoms with Crippen molar-refractivity contribution in [2.75, 3.05) is 0 Å². The van der Waals surface area contributed by atoms with Crippen molar-refractivity contribution >= 4 is 5.78 Å². The summed E-state index contributed by atoms with van der Waals surface area (Å²) in [5.41, 5.74) is 5.36. The fraction of sp³-hybridized carbons (Fsp3) is 0.552. The van der Waals surface area contributed by atoms with Crippen LogP contribution in [-0.4, -0.2) is 5.78 Å². The van der Waals surface area contributed by atoms with Gasteiger partial charge in [-0.1, -0.05) is 97.7 Å². The van der Waals surface area contributed by atoms with Crippen LogP contribution in [0.4, 0.5) is 0 Å². The van der Waals surface area contributed by atoms with E-state index in [-0.39, 0.29) is 11.2 Å². The molecule has 1 heteroatoms. The molecular weight excluding hydrogens is 364 g/mol. The third-order valence-electron chi connectivity index (χ3n) is 7.05. The second-order valence-electron chi connectivity index (χ2n) is 11.0. The van der Waals surface area contributed by atoms with E-state index < -0.39 is 0 Å². The van der Waals surface area contributed by atoms with Crippen LogP contribution in [0.3, 0.4) is 0 Å². The van der Waals surface area contributed by atoms with E-state index in [1.54, 1.807) is 0 Å². The minimum absolute atomic E-state index is 0.0661. The smallest absolute Gasteiger partial charge is 0.193 e. The number of benzene rings is 2. The molecule has 0 radical (unpaired) electrons. The molecule has 0 bridgehead atoms. The Morgan fingerprint density at radius 1 is 0.933 bits per heavy atom. The first-order valence-electron chi connectivity index (χ1n) is 11.9. The van der Waals surface area contributed by atoms with Crippen LogP contribution in [0.1, 0.15) is 119 Å². The highest BCUT2D eigenvalue weighted by molar-refractivity contribution is 6.11. The summed E-state index contributed by atoms with van der Waals surface area (Å²) >= 11 is 0. The van der Waals surface area contributed by atoms with Gasteiger partial charge in [-0.2, -0.15) is 0 Å². The molecule has 162 valence electrons. The fourth-order valence-electron chi connectivity index (χ4n) is 5.15. The molecule has 2 aromatic carbocycles. The summed E-state index contributed by atoms with van der Waals surface area (Å²) in [6.45, 7) is 15.7. The Kier molecular flexibility index (Phi) is 6.90. The van der Waals surface area contributed by atoms with Crippen LogP contribution < -0.4 is 0 Å². The van der Waals surface area contributed by atoms with E-state index in [0.29, 0.717) is 11.8 Å². The van der Waals surface area contributed by atoms with Gasteiger partial charge in [-0.25, -0.2) is 0 Å². The van der Waals surface area contributed by atoms with Crippen molar-refractivity contribution in [2.45, 2.75) is 91.4 Å². The summed E-state index contributed by atoms with van der Waals surface area (Å²) < 4.78 is 0. The minimum Gasteiger partial charge on any atom is -0.289 e. The molecule has 1 aliphatic carbocycles. The monoisotopic (exact) mass is 404 g/mol. The molecule has 1 nitrogen and oxygen atoms in total. The Labute approximate surface area is 184 Å². The van der Waals surface area contributed by atoms with Crippen molar-refractivity contribution in [3.05, 3.63) is 70.3 Å². The molecule has 0 spiro atoms. The van der Waals surface area contributed by atoms with Crippen molar-refractivity contribution in [2.24, 2.45) is 11.8 Å². The quantitative estimate of drug-likeness (QED) is 0.458. The molecule has 0 aromatic heterocycles. The van der Waals surface area contributed by atoms with Gasteiger partial charge < -0.3 is 0 Å². The Morgan fingerprint density at radius 3 is 2.27 bits per heavy atom. The summed E-state index contributed by atoms with van der Waals surface area (Å²) in [7, 11) is 0. The zero-order valence-electron chi connectivity index (χ0n) is 20.1. The molecule has 2 atom stereocenters. The maximum absolute atomic E-state index is 13.8. The Bertz CT molecular complexity index is 881. The molecule has 30 heavy (non-hydrogen) atoms. The third kappa shape index (κ3) is 4.88. The molecular formula is C29H40O. The number of carbonyl (C=O) groups is 1. The first-order chi connectivity index (χ1) is 14.1. The van der Waals surface area contributed by atoms with Crippen LogP contribution >= 0.6 is 0 Å². The molecule has 0 N–H and O–H groups in total. The molecule has 0 heterocycles. The van der Waals surface area contributed by atoms with Gasteiger partial charge in [-0.3, -0.25) is 4.79 Å². The van der Waals surface area contributed by atoms with Crippen LogP contribution in [0.25, 0.3) is 0 Å². The Hall–Kier alpha value is -1.89. The highest BCUT2D eigenvalue weighted by Gasteiger charge is 2.29. The summed E-state index contributed by atoms with van der Waals surface area (Å²) in [6, 6.07) is 14.9. The maximum Gasteiger partial charge on any atom is 0.193 e. The van der Waals surface area contributed by atoms with Crippen LogP contribution in [0.2, 0.25) is 0 Å². The van der Waals surface area contributed by atoms with E-state index in [1.807, 2.05) is 18.2 Å². The van der Waals surface area contributed by atoms with Gasteiger partial charge in [0.2, 0.25) is 0 Å². The van der Waals surface area contributed by atoms with E-state index in [1.165, 1.54) is 31.2 Å². The zero-order valence-corrected chi connectivity index (χ0v) is 20.1. The van der Waals surface area contributed by atoms with Crippen LogP contribution in [0, 0.1) is 11.8 Å². The average Bonchev–Trinajstić information content (AvgIpc) is 2.72. The largest absolute Gasteiger partial charge is 0.289 e. The fourth-order valence-corrected chi connectivity index (χ4v) is 5.15. The van der Waals surface area contributed by atoms with Gasteiger partial charge in [-0.05, 0) is 64.7 Å². The summed E-state index contributed by atoms with van der Waals surface area (Å²) in [5, 5.41) is 0. The molecule has 0 aliphatic heterocycles. The van der Waals surface area contributed by atoms with Gasteiger partial charge in [-0.15, -0.1) is 0 Å². The van der Waals surface area contributed by atoms with Crippen LogP contribution in [-0.2, 0) is 5.41 Å². The van der Waals surface area contributed by atoms with Gasteiger partial charge in [0.25, 0.3) is 0 Å². The molecule has 0 saturated heterocycles. The van der Waals surface area contributed by atoms with Gasteiger partial charge in [0, 0.05) is 11.1 Å². The maximum atomic E-state index is 13.8. The molecule has 2 aromatic rings. The van der Waals surface area contributed by atoms with E-state index in [2.05, 4.69) is 72.7 Å². The molecule has 1 saturated carbocycles. The second kappa shape index (κ2) is 9.08. The van der Waals surface area contributed by atoms with Crippen molar-refractivity contribution in [1.29, 1.82) is 0 Å². The van der Waals surface area contributed by atoms with E-state index in [4.69, 9.17) is 0 Å². The number of rotatable bonds is 5. The van der Waals surface area contributed by atoms with Gasteiger partial charge in [0.15, 0.2) is 5.78 Å². The van der Waals surface area contributed by atoms with Crippen molar-refractivity contribution in [1.82, 2.24) is 0 Å². The average molecular weight is 405 g/mol. The molecule has 1 aliphatic rings. The predicted octanol–water partition coefficient (Wildman–Crippen LogP) is 8.27. The van der Waals surface area contributed by atoms with Gasteiger partial charge in [0.05, 0.1) is 0 Å². The number of carbonyl (C=O) groups excluding carboxylic acids is 1. The van der Waals surface area contributed by atoms with Crippen LogP contribution in [0.15, 0.2) is 42.5 Å². The van der Waals surface area contributed by atoms with E-state index >= 15 is 0 Å². The van der Waals surface area contributed by atoms with Crippen molar-refractivity contribution in [3.8, 4) is 0 Å². The topological polar surface area (TPSA) is 17.1 Å². The molecule has 1 unspecified atom stereocenters. The zero-order chi connectivity index (χ0) is 22.1. The number of hydrogen-bond donors (Lipinski definition) is 0. The molecule has 1 fully saturated rings. The SMILES string of the molecule is CC(C)c1ccccc1C(=O)c1cc(C2CCC[C@@H](C(C)C)C2)ccc1C(C)(C)C. The molecule has 3 rings (SSSR count).